The predicted octanol–water partition coefficient (Wildman–Crippen LogP) is 4.52. The van der Waals surface area contributed by atoms with Gasteiger partial charge in [0.25, 0.3) is 6.02 Å². The van der Waals surface area contributed by atoms with Gasteiger partial charge in [-0.2, -0.15) is 0 Å². The summed E-state index contributed by atoms with van der Waals surface area (Å²) in [5.74, 6) is 0. The van der Waals surface area contributed by atoms with Crippen molar-refractivity contribution in [3.8, 4) is 0 Å². The molecule has 0 aliphatic rings. The largest absolute Gasteiger partial charge is 0.468 e. The van der Waals surface area contributed by atoms with E-state index in [4.69, 9.17) is 4.74 Å². The van der Waals surface area contributed by atoms with Gasteiger partial charge in [-0.1, -0.05) is 38.2 Å². The van der Waals surface area contributed by atoms with Crippen molar-refractivity contribution in [3.05, 3.63) is 36.1 Å². The molecule has 0 unspecified atom stereocenters. The van der Waals surface area contributed by atoms with Crippen LogP contribution in [0.2, 0.25) is 0 Å². The molecule has 24 heavy (non-hydrogen) atoms. The zero-order valence-corrected chi connectivity index (χ0v) is 18.4. The Balaban J connectivity index is -0.000000367. The fraction of sp³-hybridized carbons (Fsp3) is 0.632. The Morgan fingerprint density at radius 3 is 2.08 bits per heavy atom. The molecular formula is C19H40N3OP. The number of hydrogen-bond donors (Lipinski definition) is 1. The molecule has 4 nitrogen and oxygen atoms in total. The average Bonchev–Trinajstić information content (AvgIpc) is 2.56. The van der Waals surface area contributed by atoms with E-state index >= 15 is 0 Å². The van der Waals surface area contributed by atoms with Gasteiger partial charge in [-0.25, -0.2) is 4.99 Å². The summed E-state index contributed by atoms with van der Waals surface area (Å²) in [7, 11) is 6.48. The molecule has 0 saturated heterocycles. The molecule has 0 heterocycles. The van der Waals surface area contributed by atoms with Gasteiger partial charge < -0.3 is 15.0 Å². The van der Waals surface area contributed by atoms with E-state index in [1.54, 1.807) is 20.2 Å². The van der Waals surface area contributed by atoms with Gasteiger partial charge in [0.05, 0.1) is 7.11 Å². The van der Waals surface area contributed by atoms with Crippen molar-refractivity contribution in [2.24, 2.45) is 4.99 Å². The van der Waals surface area contributed by atoms with E-state index < -0.39 is 0 Å². The summed E-state index contributed by atoms with van der Waals surface area (Å²) in [5.41, 5.74) is 2.12. The second-order valence-electron chi connectivity index (χ2n) is 5.26. The second kappa shape index (κ2) is 21.9. The van der Waals surface area contributed by atoms with Crippen LogP contribution >= 0.6 is 8.58 Å². The van der Waals surface area contributed by atoms with Crippen molar-refractivity contribution in [2.75, 3.05) is 47.6 Å². The molecule has 0 fully saturated rings. The topological polar surface area (TPSA) is 36.9 Å². The number of rotatable bonds is 6. The van der Waals surface area contributed by atoms with Crippen LogP contribution in [0.25, 0.3) is 0 Å². The highest BCUT2D eigenvalue weighted by molar-refractivity contribution is 7.35. The standard InChI is InChI=1S/C11H18N2O.C6H15N.C2H7P/c1-6-7-8-10(9(2)3)13-11(12-4)14-5;1-4-6-7(3)5-2;1-3-2/h6-8H,1H2,2-5H3,(H,12,13);4-6H2,1-3H3;3H,1-2H3/b8-7-;;. The van der Waals surface area contributed by atoms with Gasteiger partial charge in [0.1, 0.15) is 0 Å². The first-order valence-electron chi connectivity index (χ1n) is 8.39. The van der Waals surface area contributed by atoms with Crippen LogP contribution in [0.4, 0.5) is 0 Å². The molecular weight excluding hydrogens is 317 g/mol. The lowest BCUT2D eigenvalue weighted by atomic mass is 10.2. The Morgan fingerprint density at radius 2 is 1.83 bits per heavy atom. The highest BCUT2D eigenvalue weighted by atomic mass is 31.1. The van der Waals surface area contributed by atoms with E-state index in [2.05, 4.69) is 56.0 Å². The Kier molecular flexibility index (Phi) is 25.3. The first kappa shape index (κ1) is 27.7. The van der Waals surface area contributed by atoms with Gasteiger partial charge in [0.2, 0.25) is 0 Å². The molecule has 0 radical (unpaired) electrons. The van der Waals surface area contributed by atoms with E-state index in [0.717, 1.165) is 19.9 Å². The van der Waals surface area contributed by atoms with E-state index in [9.17, 15) is 0 Å². The van der Waals surface area contributed by atoms with Gasteiger partial charge >= 0.3 is 0 Å². The minimum Gasteiger partial charge on any atom is -0.468 e. The van der Waals surface area contributed by atoms with Crippen molar-refractivity contribution >= 4 is 14.6 Å². The lowest BCUT2D eigenvalue weighted by molar-refractivity contribution is 0.353. The number of nitrogens with zero attached hydrogens (tertiary/aromatic N) is 2. The maximum absolute atomic E-state index is 5.01. The van der Waals surface area contributed by atoms with Crippen molar-refractivity contribution in [1.29, 1.82) is 0 Å². The molecule has 0 aromatic rings. The Bertz CT molecular complexity index is 373. The SMILES string of the molecule is C=C/C=C\C(NC(=NC)OC)=C(C)C.CCCN(C)CC.CPC. The molecule has 0 spiro atoms. The van der Waals surface area contributed by atoms with Crippen LogP contribution in [-0.4, -0.2) is 58.5 Å². The van der Waals surface area contributed by atoms with Crippen LogP contribution in [0.1, 0.15) is 34.1 Å². The van der Waals surface area contributed by atoms with Crippen LogP contribution in [0, 0.1) is 0 Å². The lowest BCUT2D eigenvalue weighted by Crippen LogP contribution is -2.24. The normalized spacial score (nSPS) is 10.3. The van der Waals surface area contributed by atoms with Crippen LogP contribution in [0.15, 0.2) is 41.1 Å². The summed E-state index contributed by atoms with van der Waals surface area (Å²) in [6.07, 6.45) is 6.77. The van der Waals surface area contributed by atoms with Gasteiger partial charge in [-0.3, -0.25) is 0 Å². The maximum Gasteiger partial charge on any atom is 0.288 e. The Morgan fingerprint density at radius 1 is 1.29 bits per heavy atom. The molecule has 5 heteroatoms. The monoisotopic (exact) mass is 357 g/mol. The molecule has 0 bridgehead atoms. The molecule has 0 aromatic heterocycles. The highest BCUT2D eigenvalue weighted by Gasteiger charge is 1.99. The number of methoxy groups -OCH3 is 1. The quantitative estimate of drug-likeness (QED) is 0.329. The van der Waals surface area contributed by atoms with Gasteiger partial charge in [-0.15, -0.1) is 8.58 Å². The van der Waals surface area contributed by atoms with E-state index in [0.29, 0.717) is 6.02 Å². The van der Waals surface area contributed by atoms with Crippen molar-refractivity contribution < 1.29 is 4.74 Å². The minimum atomic E-state index is 0.495. The first-order valence-corrected chi connectivity index (χ1v) is 10.4. The van der Waals surface area contributed by atoms with E-state index in [-0.39, 0.29) is 0 Å². The van der Waals surface area contributed by atoms with Crippen LogP contribution in [0.5, 0.6) is 0 Å². The van der Waals surface area contributed by atoms with Crippen molar-refractivity contribution in [2.45, 2.75) is 34.1 Å². The fourth-order valence-electron chi connectivity index (χ4n) is 1.35. The molecule has 142 valence electrons. The van der Waals surface area contributed by atoms with E-state index in [1.807, 2.05) is 26.0 Å². The maximum atomic E-state index is 5.01. The third-order valence-electron chi connectivity index (χ3n) is 2.72. The van der Waals surface area contributed by atoms with Gasteiger partial charge in [0.15, 0.2) is 0 Å². The average molecular weight is 358 g/mol. The third-order valence-corrected chi connectivity index (χ3v) is 2.72. The summed E-state index contributed by atoms with van der Waals surface area (Å²) < 4.78 is 5.01. The van der Waals surface area contributed by atoms with Crippen LogP contribution in [-0.2, 0) is 4.74 Å². The number of aliphatic imine (C=N–C) groups is 1. The van der Waals surface area contributed by atoms with Crippen LogP contribution < -0.4 is 5.32 Å². The van der Waals surface area contributed by atoms with Crippen LogP contribution in [0.3, 0.4) is 0 Å². The van der Waals surface area contributed by atoms with Gasteiger partial charge in [-0.05, 0) is 59.8 Å². The van der Waals surface area contributed by atoms with Crippen molar-refractivity contribution in [3.63, 3.8) is 0 Å². The Labute approximate surface area is 152 Å². The summed E-state index contributed by atoms with van der Waals surface area (Å²) in [6.45, 7) is 18.7. The molecule has 0 aliphatic heterocycles. The zero-order chi connectivity index (χ0) is 19.4. The third kappa shape index (κ3) is 20.9. The minimum absolute atomic E-state index is 0.495. The molecule has 1 N–H and O–H groups in total. The lowest BCUT2D eigenvalue weighted by Gasteiger charge is -2.10. The predicted molar refractivity (Wildman–Crippen MR) is 115 cm³/mol. The smallest absolute Gasteiger partial charge is 0.288 e. The molecule has 0 amide bonds. The molecule has 0 aliphatic carbocycles. The summed E-state index contributed by atoms with van der Waals surface area (Å²) in [4.78, 5) is 6.23. The summed E-state index contributed by atoms with van der Waals surface area (Å²) >= 11 is 0. The number of amidine groups is 1. The fourth-order valence-corrected chi connectivity index (χ4v) is 1.35. The van der Waals surface area contributed by atoms with E-state index in [1.165, 1.54) is 19.5 Å². The zero-order valence-electron chi connectivity index (χ0n) is 17.4. The summed E-state index contributed by atoms with van der Waals surface area (Å²) in [5, 5.41) is 3.06. The number of hydrogen-bond acceptors (Lipinski definition) is 3. The second-order valence-corrected chi connectivity index (χ2v) is 6.26. The number of ether oxygens (including phenoxy) is 1. The highest BCUT2D eigenvalue weighted by Crippen LogP contribution is 2.01. The first-order chi connectivity index (χ1) is 11.4. The summed E-state index contributed by atoms with van der Waals surface area (Å²) in [6, 6.07) is 0.495. The molecule has 0 saturated carbocycles. The Hall–Kier alpha value is -1.12. The molecule has 0 aromatic carbocycles. The number of allylic oxidation sites excluding steroid dienone is 4. The molecule has 0 atom stereocenters. The molecule has 0 rings (SSSR count). The van der Waals surface area contributed by atoms with Gasteiger partial charge in [0, 0.05) is 12.7 Å². The number of nitrogens with one attached hydrogen (secondary N) is 1. The van der Waals surface area contributed by atoms with Crippen molar-refractivity contribution in [1.82, 2.24) is 10.2 Å².